The zero-order chi connectivity index (χ0) is 15.2. The van der Waals surface area contributed by atoms with Gasteiger partial charge in [-0.05, 0) is 25.1 Å². The second kappa shape index (κ2) is 7.14. The first-order valence-corrected chi connectivity index (χ1v) is 6.08. The summed E-state index contributed by atoms with van der Waals surface area (Å²) in [6.45, 7) is 0.429. The summed E-state index contributed by atoms with van der Waals surface area (Å²) in [5, 5.41) is 0. The molecule has 0 spiro atoms. The number of alkyl halides is 3. The largest absolute Gasteiger partial charge is 0.497 e. The van der Waals surface area contributed by atoms with Gasteiger partial charge in [0, 0.05) is 18.3 Å². The van der Waals surface area contributed by atoms with Crippen LogP contribution in [0.4, 0.5) is 18.9 Å². The van der Waals surface area contributed by atoms with Crippen LogP contribution in [0.2, 0.25) is 0 Å². The predicted molar refractivity (Wildman–Crippen MR) is 69.7 cm³/mol. The maximum Gasteiger partial charge on any atom is 0.397 e. The van der Waals surface area contributed by atoms with Crippen LogP contribution in [-0.4, -0.2) is 32.3 Å². The second-order valence-corrected chi connectivity index (χ2v) is 4.18. The van der Waals surface area contributed by atoms with E-state index in [0.29, 0.717) is 24.4 Å². The van der Waals surface area contributed by atoms with Gasteiger partial charge in [-0.2, -0.15) is 13.2 Å². The molecule has 0 saturated heterocycles. The van der Waals surface area contributed by atoms with Crippen molar-refractivity contribution in [1.82, 2.24) is 0 Å². The molecule has 0 aliphatic heterocycles. The van der Waals surface area contributed by atoms with Crippen molar-refractivity contribution in [2.45, 2.75) is 19.0 Å². The highest BCUT2D eigenvalue weighted by atomic mass is 19.4. The van der Waals surface area contributed by atoms with Gasteiger partial charge in [0.1, 0.15) is 12.2 Å². The Hall–Kier alpha value is -1.76. The summed E-state index contributed by atoms with van der Waals surface area (Å²) < 4.78 is 42.1. The smallest absolute Gasteiger partial charge is 0.397 e. The fraction of sp³-hybridized carbons (Fsp3) is 0.462. The zero-order valence-electron chi connectivity index (χ0n) is 11.1. The zero-order valence-corrected chi connectivity index (χ0v) is 11.1. The number of carbonyl (C=O) groups excluding carboxylic acids is 1. The number of amides is 1. The number of rotatable bonds is 6. The van der Waals surface area contributed by atoms with Crippen molar-refractivity contribution >= 4 is 11.6 Å². The van der Waals surface area contributed by atoms with Gasteiger partial charge >= 0.3 is 6.18 Å². The lowest BCUT2D eigenvalue weighted by Crippen LogP contribution is -2.35. The third kappa shape index (κ3) is 5.08. The van der Waals surface area contributed by atoms with Crippen LogP contribution in [0.25, 0.3) is 0 Å². The lowest BCUT2D eigenvalue weighted by atomic mass is 10.2. The molecule has 4 nitrogen and oxygen atoms in total. The molecule has 7 heteroatoms. The van der Waals surface area contributed by atoms with Gasteiger partial charge in [-0.15, -0.1) is 0 Å². The van der Waals surface area contributed by atoms with Gasteiger partial charge < -0.3 is 15.4 Å². The highest BCUT2D eigenvalue weighted by Gasteiger charge is 2.33. The van der Waals surface area contributed by atoms with Crippen molar-refractivity contribution in [2.24, 2.45) is 5.73 Å². The molecule has 0 aromatic heterocycles. The third-order valence-corrected chi connectivity index (χ3v) is 2.60. The van der Waals surface area contributed by atoms with Crippen LogP contribution < -0.4 is 15.4 Å². The van der Waals surface area contributed by atoms with Crippen molar-refractivity contribution in [1.29, 1.82) is 0 Å². The molecular formula is C13H17F3N2O2. The minimum Gasteiger partial charge on any atom is -0.497 e. The van der Waals surface area contributed by atoms with E-state index in [4.69, 9.17) is 10.5 Å². The topological polar surface area (TPSA) is 55.6 Å². The Kier molecular flexibility index (Phi) is 5.82. The minimum atomic E-state index is -4.53. The third-order valence-electron chi connectivity index (χ3n) is 2.60. The van der Waals surface area contributed by atoms with E-state index in [0.717, 1.165) is 4.90 Å². The molecule has 0 unspecified atom stereocenters. The van der Waals surface area contributed by atoms with Gasteiger partial charge in [-0.25, -0.2) is 0 Å². The number of nitrogens with zero attached hydrogens (tertiary/aromatic N) is 1. The molecule has 0 aliphatic carbocycles. The predicted octanol–water partition coefficient (Wildman–Crippen LogP) is 2.33. The average Bonchev–Trinajstić information content (AvgIpc) is 2.37. The molecule has 0 radical (unpaired) electrons. The van der Waals surface area contributed by atoms with Crippen LogP contribution in [0.3, 0.4) is 0 Å². The summed E-state index contributed by atoms with van der Waals surface area (Å²) in [5.74, 6) is -0.528. The summed E-state index contributed by atoms with van der Waals surface area (Å²) in [6, 6.07) is 6.35. The highest BCUT2D eigenvalue weighted by molar-refractivity contribution is 5.93. The minimum absolute atomic E-state index is 0.137. The van der Waals surface area contributed by atoms with Gasteiger partial charge in [-0.3, -0.25) is 4.79 Å². The normalized spacial score (nSPS) is 11.2. The lowest BCUT2D eigenvalue weighted by Gasteiger charge is -2.23. The van der Waals surface area contributed by atoms with E-state index in [1.54, 1.807) is 18.2 Å². The van der Waals surface area contributed by atoms with Crippen LogP contribution in [0.1, 0.15) is 12.8 Å². The van der Waals surface area contributed by atoms with E-state index in [1.807, 2.05) is 0 Å². The number of nitrogens with two attached hydrogens (primary N) is 1. The highest BCUT2D eigenvalue weighted by Crippen LogP contribution is 2.26. The van der Waals surface area contributed by atoms with Gasteiger partial charge in [0.15, 0.2) is 0 Å². The Labute approximate surface area is 115 Å². The van der Waals surface area contributed by atoms with E-state index in [1.165, 1.54) is 13.2 Å². The Morgan fingerprint density at radius 3 is 2.65 bits per heavy atom. The molecule has 112 valence electrons. The quantitative estimate of drug-likeness (QED) is 0.875. The number of ether oxygens (including phenoxy) is 1. The molecule has 0 aliphatic rings. The summed E-state index contributed by atoms with van der Waals surface area (Å²) >= 11 is 0. The monoisotopic (exact) mass is 290 g/mol. The summed E-state index contributed by atoms with van der Waals surface area (Å²) in [7, 11) is 1.45. The van der Waals surface area contributed by atoms with E-state index in [9.17, 15) is 18.0 Å². The fourth-order valence-electron chi connectivity index (χ4n) is 1.69. The maximum absolute atomic E-state index is 12.4. The molecule has 0 bridgehead atoms. The number of anilines is 1. The molecule has 1 amide bonds. The Bertz CT molecular complexity index is 449. The van der Waals surface area contributed by atoms with Crippen molar-refractivity contribution < 1.29 is 22.7 Å². The van der Waals surface area contributed by atoms with Gasteiger partial charge in [-0.1, -0.05) is 6.07 Å². The molecule has 1 rings (SSSR count). The van der Waals surface area contributed by atoms with Crippen molar-refractivity contribution in [2.75, 3.05) is 25.1 Å². The number of halogens is 3. The van der Waals surface area contributed by atoms with Crippen molar-refractivity contribution in [3.8, 4) is 5.75 Å². The standard InChI is InChI=1S/C13H17F3N2O2/c1-20-11-5-2-4-10(8-11)18(7-3-6-17)12(19)9-13(14,15)16/h2,4-5,8H,3,6-7,9,17H2,1H3. The number of hydrogen-bond acceptors (Lipinski definition) is 3. The van der Waals surface area contributed by atoms with Crippen LogP contribution in [0.5, 0.6) is 5.75 Å². The Morgan fingerprint density at radius 1 is 1.40 bits per heavy atom. The number of benzene rings is 1. The SMILES string of the molecule is COc1cccc(N(CCCN)C(=O)CC(F)(F)F)c1. The second-order valence-electron chi connectivity index (χ2n) is 4.18. The lowest BCUT2D eigenvalue weighted by molar-refractivity contribution is -0.151. The van der Waals surface area contributed by atoms with Crippen LogP contribution in [-0.2, 0) is 4.79 Å². The van der Waals surface area contributed by atoms with Gasteiger partial charge in [0.05, 0.1) is 7.11 Å². The number of carbonyl (C=O) groups is 1. The number of hydrogen-bond donors (Lipinski definition) is 1. The van der Waals surface area contributed by atoms with Crippen molar-refractivity contribution in [3.63, 3.8) is 0 Å². The van der Waals surface area contributed by atoms with Crippen molar-refractivity contribution in [3.05, 3.63) is 24.3 Å². The molecule has 1 aromatic rings. The van der Waals surface area contributed by atoms with Gasteiger partial charge in [0.25, 0.3) is 0 Å². The van der Waals surface area contributed by atoms with E-state index < -0.39 is 18.5 Å². The molecule has 0 atom stereocenters. The van der Waals surface area contributed by atoms with Crippen LogP contribution in [0.15, 0.2) is 24.3 Å². The molecule has 2 N–H and O–H groups in total. The summed E-state index contributed by atoms with van der Waals surface area (Å²) in [6.07, 6.45) is -5.60. The van der Waals surface area contributed by atoms with E-state index in [2.05, 4.69) is 0 Å². The fourth-order valence-corrected chi connectivity index (χ4v) is 1.69. The first kappa shape index (κ1) is 16.3. The van der Waals surface area contributed by atoms with E-state index >= 15 is 0 Å². The first-order chi connectivity index (χ1) is 9.37. The van der Waals surface area contributed by atoms with E-state index in [-0.39, 0.29) is 6.54 Å². The molecule has 1 aromatic carbocycles. The van der Waals surface area contributed by atoms with Crippen LogP contribution >= 0.6 is 0 Å². The molecule has 0 saturated carbocycles. The Morgan fingerprint density at radius 2 is 2.10 bits per heavy atom. The maximum atomic E-state index is 12.4. The molecule has 0 heterocycles. The van der Waals surface area contributed by atoms with Crippen LogP contribution in [0, 0.1) is 0 Å². The average molecular weight is 290 g/mol. The molecular weight excluding hydrogens is 273 g/mol. The summed E-state index contributed by atoms with van der Waals surface area (Å²) in [4.78, 5) is 12.9. The first-order valence-electron chi connectivity index (χ1n) is 6.08. The van der Waals surface area contributed by atoms with Gasteiger partial charge in [0.2, 0.25) is 5.91 Å². The molecule has 20 heavy (non-hydrogen) atoms. The Balaban J connectivity index is 2.95. The summed E-state index contributed by atoms with van der Waals surface area (Å²) in [5.41, 5.74) is 5.72. The number of methoxy groups -OCH3 is 1. The molecule has 0 fully saturated rings.